The Morgan fingerprint density at radius 2 is 2.09 bits per heavy atom. The van der Waals surface area contributed by atoms with Gasteiger partial charge in [0.25, 0.3) is 0 Å². The predicted molar refractivity (Wildman–Crippen MR) is 78.8 cm³/mol. The molecule has 3 atom stereocenters. The Kier molecular flexibility index (Phi) is 7.64. The van der Waals surface area contributed by atoms with E-state index in [1.54, 1.807) is 0 Å². The molecule has 10 heteroatoms. The Bertz CT molecular complexity index is 508. The van der Waals surface area contributed by atoms with Crippen molar-refractivity contribution in [3.05, 3.63) is 5.82 Å². The number of carboxylic acid groups (broad SMARTS) is 1. The van der Waals surface area contributed by atoms with Gasteiger partial charge in [0, 0.05) is 25.0 Å². The van der Waals surface area contributed by atoms with E-state index in [1.165, 1.54) is 0 Å². The molecule has 0 radical (unpaired) electrons. The van der Waals surface area contributed by atoms with E-state index in [0.717, 1.165) is 0 Å². The van der Waals surface area contributed by atoms with Crippen LogP contribution < -0.4 is 4.72 Å². The van der Waals surface area contributed by atoms with Crippen molar-refractivity contribution in [1.82, 2.24) is 25.3 Å². The van der Waals surface area contributed by atoms with Crippen LogP contribution in [-0.2, 0) is 27.0 Å². The van der Waals surface area contributed by atoms with Gasteiger partial charge >= 0.3 is 5.97 Å². The second-order valence-corrected chi connectivity index (χ2v) is 6.57. The van der Waals surface area contributed by atoms with E-state index in [9.17, 15) is 13.8 Å². The average molecular weight is 331 g/mol. The van der Waals surface area contributed by atoms with Gasteiger partial charge in [0.1, 0.15) is 11.0 Å². The van der Waals surface area contributed by atoms with Gasteiger partial charge in [0.2, 0.25) is 5.91 Å². The summed E-state index contributed by atoms with van der Waals surface area (Å²) in [5.74, 6) is -0.270. The molecular weight excluding hydrogens is 310 g/mol. The van der Waals surface area contributed by atoms with Crippen LogP contribution in [0.2, 0.25) is 0 Å². The lowest BCUT2D eigenvalue weighted by Crippen LogP contribution is -2.30. The molecule has 124 valence electrons. The molecule has 0 aliphatic heterocycles. The molecule has 3 unspecified atom stereocenters. The van der Waals surface area contributed by atoms with E-state index >= 15 is 0 Å². The highest BCUT2D eigenvalue weighted by molar-refractivity contribution is 7.83. The summed E-state index contributed by atoms with van der Waals surface area (Å²) in [6.07, 6.45) is 1.06. The number of carbonyl (C=O) groups is 2. The van der Waals surface area contributed by atoms with Crippen molar-refractivity contribution in [2.45, 2.75) is 39.5 Å². The number of carbonyl (C=O) groups excluding carboxylic acids is 1. The minimum absolute atomic E-state index is 0.0558. The Balaban J connectivity index is 2.28. The third-order valence-electron chi connectivity index (χ3n) is 3.32. The van der Waals surface area contributed by atoms with Crippen LogP contribution >= 0.6 is 0 Å². The lowest BCUT2D eigenvalue weighted by Gasteiger charge is -2.17. The van der Waals surface area contributed by atoms with Crippen LogP contribution in [0.5, 0.6) is 0 Å². The summed E-state index contributed by atoms with van der Waals surface area (Å²) in [5, 5.41) is 22.1. The highest BCUT2D eigenvalue weighted by Gasteiger charge is 2.19. The zero-order valence-electron chi connectivity index (χ0n) is 12.6. The highest BCUT2D eigenvalue weighted by atomic mass is 32.2. The number of aromatic amines is 1. The Labute approximate surface area is 130 Å². The second-order valence-electron chi connectivity index (χ2n) is 5.26. The number of aromatic nitrogens is 4. The molecule has 0 aliphatic carbocycles. The SMILES string of the molecule is CC(CC(=O)NS(=O)CCCC(=O)O)C(C)Cc1nn[nH]n1. The molecule has 0 bridgehead atoms. The van der Waals surface area contributed by atoms with Crippen LogP contribution in [0.25, 0.3) is 0 Å². The van der Waals surface area contributed by atoms with Gasteiger partial charge in [-0.05, 0) is 18.3 Å². The van der Waals surface area contributed by atoms with Gasteiger partial charge in [0.05, 0.1) is 0 Å². The van der Waals surface area contributed by atoms with E-state index in [4.69, 9.17) is 5.11 Å². The van der Waals surface area contributed by atoms with Gasteiger partial charge in [-0.2, -0.15) is 5.21 Å². The first-order valence-corrected chi connectivity index (χ1v) is 8.32. The molecule has 0 spiro atoms. The normalized spacial score (nSPS) is 15.0. The first-order valence-electron chi connectivity index (χ1n) is 7.00. The first kappa shape index (κ1) is 18.2. The molecule has 1 aromatic rings. The lowest BCUT2D eigenvalue weighted by molar-refractivity contribution is -0.137. The summed E-state index contributed by atoms with van der Waals surface area (Å²) in [7, 11) is -1.53. The number of rotatable bonds is 10. The zero-order valence-corrected chi connectivity index (χ0v) is 13.4. The number of amides is 1. The molecule has 0 aliphatic rings. The summed E-state index contributed by atoms with van der Waals surface area (Å²) >= 11 is 0. The summed E-state index contributed by atoms with van der Waals surface area (Å²) in [6, 6.07) is 0. The van der Waals surface area contributed by atoms with Gasteiger partial charge in [0.15, 0.2) is 5.82 Å². The largest absolute Gasteiger partial charge is 0.481 e. The van der Waals surface area contributed by atoms with Gasteiger partial charge in [-0.15, -0.1) is 10.2 Å². The molecule has 1 amide bonds. The van der Waals surface area contributed by atoms with Crippen LogP contribution in [0, 0.1) is 11.8 Å². The first-order chi connectivity index (χ1) is 10.4. The highest BCUT2D eigenvalue weighted by Crippen LogP contribution is 2.18. The van der Waals surface area contributed by atoms with Crippen LogP contribution in [-0.4, -0.2) is 47.6 Å². The van der Waals surface area contributed by atoms with Crippen molar-refractivity contribution in [1.29, 1.82) is 0 Å². The Morgan fingerprint density at radius 3 is 2.68 bits per heavy atom. The molecule has 1 rings (SSSR count). The van der Waals surface area contributed by atoms with Crippen molar-refractivity contribution in [3.8, 4) is 0 Å². The third kappa shape index (κ3) is 7.25. The molecule has 1 aromatic heterocycles. The molecule has 9 nitrogen and oxygen atoms in total. The third-order valence-corrected chi connectivity index (χ3v) is 4.44. The fraction of sp³-hybridized carbons (Fsp3) is 0.750. The molecule has 3 N–H and O–H groups in total. The Hall–Kier alpha value is -1.84. The summed E-state index contributed by atoms with van der Waals surface area (Å²) in [6.45, 7) is 3.91. The molecule has 0 fully saturated rings. The van der Waals surface area contributed by atoms with Crippen molar-refractivity contribution < 1.29 is 18.9 Å². The molecule has 0 aromatic carbocycles. The number of nitrogens with one attached hydrogen (secondary N) is 2. The number of hydrogen-bond donors (Lipinski definition) is 3. The fourth-order valence-corrected chi connectivity index (χ4v) is 2.67. The van der Waals surface area contributed by atoms with Gasteiger partial charge in [-0.3, -0.25) is 14.3 Å². The zero-order chi connectivity index (χ0) is 16.5. The van der Waals surface area contributed by atoms with Crippen molar-refractivity contribution in [3.63, 3.8) is 0 Å². The summed E-state index contributed by atoms with van der Waals surface area (Å²) < 4.78 is 14.0. The molecule has 22 heavy (non-hydrogen) atoms. The van der Waals surface area contributed by atoms with Crippen LogP contribution in [0.15, 0.2) is 0 Å². The Morgan fingerprint density at radius 1 is 1.36 bits per heavy atom. The van der Waals surface area contributed by atoms with Crippen LogP contribution in [0.1, 0.15) is 38.9 Å². The maximum absolute atomic E-state index is 11.8. The number of hydrogen-bond acceptors (Lipinski definition) is 6. The standard InChI is InChI=1S/C12H21N5O4S/c1-8(6-10-13-16-17-14-10)9(2)7-11(18)15-22(21)5-3-4-12(19)20/h8-9H,3-7H2,1-2H3,(H,15,18)(H,19,20)(H,13,14,16,17). The van der Waals surface area contributed by atoms with Crippen molar-refractivity contribution >= 4 is 22.9 Å². The maximum atomic E-state index is 11.8. The monoisotopic (exact) mass is 331 g/mol. The van der Waals surface area contributed by atoms with Crippen LogP contribution in [0.4, 0.5) is 0 Å². The fourth-order valence-electron chi connectivity index (χ4n) is 1.83. The summed E-state index contributed by atoms with van der Waals surface area (Å²) in [5.41, 5.74) is 0. The van der Waals surface area contributed by atoms with Gasteiger partial charge in [-0.1, -0.05) is 19.1 Å². The number of H-pyrrole nitrogens is 1. The second kappa shape index (κ2) is 9.23. The molecule has 0 saturated carbocycles. The molecular formula is C12H21N5O4S. The quantitative estimate of drug-likeness (QED) is 0.550. The van der Waals surface area contributed by atoms with E-state index in [1.807, 2.05) is 13.8 Å². The maximum Gasteiger partial charge on any atom is 0.303 e. The molecule has 1 heterocycles. The molecule has 0 saturated heterocycles. The number of aliphatic carboxylic acids is 1. The summed E-state index contributed by atoms with van der Waals surface area (Å²) in [4.78, 5) is 22.1. The average Bonchev–Trinajstić information content (AvgIpc) is 2.90. The van der Waals surface area contributed by atoms with E-state index < -0.39 is 17.0 Å². The lowest BCUT2D eigenvalue weighted by atomic mass is 9.90. The van der Waals surface area contributed by atoms with Gasteiger partial charge < -0.3 is 5.11 Å². The number of carboxylic acids is 1. The van der Waals surface area contributed by atoms with Crippen LogP contribution in [0.3, 0.4) is 0 Å². The van der Waals surface area contributed by atoms with E-state index in [0.29, 0.717) is 12.2 Å². The topological polar surface area (TPSA) is 138 Å². The number of nitrogens with zero attached hydrogens (tertiary/aromatic N) is 3. The predicted octanol–water partition coefficient (Wildman–Crippen LogP) is 0.0492. The smallest absolute Gasteiger partial charge is 0.303 e. The minimum atomic E-state index is -1.53. The van der Waals surface area contributed by atoms with E-state index in [-0.39, 0.29) is 42.8 Å². The van der Waals surface area contributed by atoms with E-state index in [2.05, 4.69) is 25.3 Å². The van der Waals surface area contributed by atoms with Gasteiger partial charge in [-0.25, -0.2) is 4.21 Å². The van der Waals surface area contributed by atoms with Crippen molar-refractivity contribution in [2.24, 2.45) is 11.8 Å². The van der Waals surface area contributed by atoms with Crippen molar-refractivity contribution in [2.75, 3.05) is 5.75 Å². The number of tetrazole rings is 1. The minimum Gasteiger partial charge on any atom is -0.481 e.